The quantitative estimate of drug-likeness (QED) is 0.777. The summed E-state index contributed by atoms with van der Waals surface area (Å²) in [5, 5.41) is 20.1. The van der Waals surface area contributed by atoms with E-state index in [1.807, 2.05) is 16.5 Å². The molecule has 1 unspecified atom stereocenters. The van der Waals surface area contributed by atoms with E-state index in [0.29, 0.717) is 11.5 Å². The van der Waals surface area contributed by atoms with Gasteiger partial charge in [0.2, 0.25) is 0 Å². The molecule has 2 aromatic heterocycles. The normalized spacial score (nSPS) is 15.7. The number of carboxylic acid groups (broad SMARTS) is 1. The number of nitrogens with zero attached hydrogens (tertiary/aromatic N) is 2. The Kier molecular flexibility index (Phi) is 3.16. The zero-order chi connectivity index (χ0) is 16.0. The fraction of sp³-hybridized carbons (Fsp3) is 0.222. The number of aliphatic hydroxyl groups excluding tert-OH is 1. The zero-order valence-electron chi connectivity index (χ0n) is 12.4. The van der Waals surface area contributed by atoms with Crippen LogP contribution in [0.2, 0.25) is 0 Å². The summed E-state index contributed by atoms with van der Waals surface area (Å²) < 4.78 is 1.89. The maximum atomic E-state index is 11.2. The van der Waals surface area contributed by atoms with Gasteiger partial charge in [0.1, 0.15) is 6.10 Å². The minimum Gasteiger partial charge on any atom is -0.478 e. The molecule has 1 atom stereocenters. The highest BCUT2D eigenvalue weighted by atomic mass is 16.4. The Bertz CT molecular complexity index is 896. The predicted molar refractivity (Wildman–Crippen MR) is 84.6 cm³/mol. The molecule has 23 heavy (non-hydrogen) atoms. The van der Waals surface area contributed by atoms with Gasteiger partial charge in [-0.25, -0.2) is 9.78 Å². The largest absolute Gasteiger partial charge is 0.478 e. The number of hydrogen-bond donors (Lipinski definition) is 2. The average Bonchev–Trinajstić information content (AvgIpc) is 3.30. The maximum Gasteiger partial charge on any atom is 0.335 e. The van der Waals surface area contributed by atoms with E-state index in [0.717, 1.165) is 29.6 Å². The molecule has 1 saturated carbocycles. The Morgan fingerprint density at radius 2 is 2.09 bits per heavy atom. The average molecular weight is 308 g/mol. The molecule has 3 aromatic rings. The number of fused-ring (bicyclic) bond motifs is 1. The monoisotopic (exact) mass is 308 g/mol. The van der Waals surface area contributed by atoms with Crippen LogP contribution in [-0.4, -0.2) is 25.6 Å². The van der Waals surface area contributed by atoms with Crippen LogP contribution < -0.4 is 0 Å². The number of carboxylic acids is 1. The molecule has 4 rings (SSSR count). The number of aromatic carboxylic acids is 1. The van der Waals surface area contributed by atoms with Gasteiger partial charge in [0, 0.05) is 0 Å². The first-order chi connectivity index (χ1) is 11.1. The summed E-state index contributed by atoms with van der Waals surface area (Å²) in [7, 11) is 0. The van der Waals surface area contributed by atoms with Crippen molar-refractivity contribution in [2.45, 2.75) is 24.9 Å². The Balaban J connectivity index is 1.87. The van der Waals surface area contributed by atoms with Crippen LogP contribution in [-0.2, 0) is 0 Å². The second-order valence-electron chi connectivity index (χ2n) is 5.97. The summed E-state index contributed by atoms with van der Waals surface area (Å²) >= 11 is 0. The van der Waals surface area contributed by atoms with Gasteiger partial charge >= 0.3 is 5.97 Å². The first-order valence-corrected chi connectivity index (χ1v) is 7.61. The topological polar surface area (TPSA) is 74.8 Å². The first kappa shape index (κ1) is 14.0. The maximum absolute atomic E-state index is 11.2. The number of carbonyl (C=O) groups is 1. The van der Waals surface area contributed by atoms with Crippen molar-refractivity contribution < 1.29 is 15.0 Å². The van der Waals surface area contributed by atoms with Crippen molar-refractivity contribution in [2.75, 3.05) is 0 Å². The van der Waals surface area contributed by atoms with Gasteiger partial charge in [0.15, 0.2) is 0 Å². The van der Waals surface area contributed by atoms with E-state index < -0.39 is 12.1 Å². The molecule has 1 aromatic carbocycles. The summed E-state index contributed by atoms with van der Waals surface area (Å²) in [5.41, 5.74) is 3.56. The standard InChI is InChI=1S/C18H16N2O3/c21-17(12-2-1-3-13(8-12)18(22)23)16-15(11-4-5-11)7-6-14-9-19-10-20(14)16/h1-3,6-11,17,21H,4-5H2,(H,22,23). The van der Waals surface area contributed by atoms with Gasteiger partial charge in [-0.3, -0.25) is 4.40 Å². The fourth-order valence-electron chi connectivity index (χ4n) is 3.06. The molecule has 0 spiro atoms. The summed E-state index contributed by atoms with van der Waals surface area (Å²) in [6.07, 6.45) is 4.80. The Labute approximate surface area is 132 Å². The SMILES string of the molecule is O=C(O)c1cccc(C(O)c2c(C3CC3)ccc3cncn23)c1. The van der Waals surface area contributed by atoms with Gasteiger partial charge in [-0.2, -0.15) is 0 Å². The second kappa shape index (κ2) is 5.21. The Morgan fingerprint density at radius 3 is 2.83 bits per heavy atom. The smallest absolute Gasteiger partial charge is 0.335 e. The van der Waals surface area contributed by atoms with E-state index in [2.05, 4.69) is 4.98 Å². The molecule has 2 N–H and O–H groups in total. The highest BCUT2D eigenvalue weighted by Gasteiger charge is 2.30. The summed E-state index contributed by atoms with van der Waals surface area (Å²) in [6, 6.07) is 10.5. The fourth-order valence-corrected chi connectivity index (χ4v) is 3.06. The molecular weight excluding hydrogens is 292 g/mol. The molecule has 0 radical (unpaired) electrons. The van der Waals surface area contributed by atoms with Crippen molar-refractivity contribution in [3.63, 3.8) is 0 Å². The molecule has 2 heterocycles. The molecule has 116 valence electrons. The van der Waals surface area contributed by atoms with E-state index in [4.69, 9.17) is 5.11 Å². The predicted octanol–water partition coefficient (Wildman–Crippen LogP) is 2.99. The molecule has 5 nitrogen and oxygen atoms in total. The number of imidazole rings is 1. The molecular formula is C18H16N2O3. The number of aliphatic hydroxyl groups is 1. The number of rotatable bonds is 4. The van der Waals surface area contributed by atoms with Crippen molar-refractivity contribution in [2.24, 2.45) is 0 Å². The Morgan fingerprint density at radius 1 is 1.26 bits per heavy atom. The van der Waals surface area contributed by atoms with Crippen LogP contribution in [0.25, 0.3) is 5.52 Å². The van der Waals surface area contributed by atoms with Gasteiger partial charge in [-0.1, -0.05) is 18.2 Å². The van der Waals surface area contributed by atoms with Crippen molar-refractivity contribution in [3.05, 3.63) is 71.3 Å². The highest BCUT2D eigenvalue weighted by molar-refractivity contribution is 5.87. The summed E-state index contributed by atoms with van der Waals surface area (Å²) in [5.74, 6) is -0.531. The van der Waals surface area contributed by atoms with Crippen molar-refractivity contribution >= 4 is 11.5 Å². The number of pyridine rings is 1. The molecule has 0 bridgehead atoms. The first-order valence-electron chi connectivity index (χ1n) is 7.61. The van der Waals surface area contributed by atoms with E-state index in [-0.39, 0.29) is 5.56 Å². The lowest BCUT2D eigenvalue weighted by Gasteiger charge is -2.18. The molecule has 0 saturated heterocycles. The van der Waals surface area contributed by atoms with Crippen LogP contribution in [0.3, 0.4) is 0 Å². The molecule has 5 heteroatoms. The van der Waals surface area contributed by atoms with E-state index in [9.17, 15) is 9.90 Å². The van der Waals surface area contributed by atoms with Gasteiger partial charge in [-0.15, -0.1) is 0 Å². The van der Waals surface area contributed by atoms with Crippen molar-refractivity contribution in [1.29, 1.82) is 0 Å². The minimum absolute atomic E-state index is 0.173. The third-order valence-electron chi connectivity index (χ3n) is 4.38. The molecule has 0 aliphatic heterocycles. The lowest BCUT2D eigenvalue weighted by molar-refractivity contribution is 0.0696. The second-order valence-corrected chi connectivity index (χ2v) is 5.97. The van der Waals surface area contributed by atoms with Crippen LogP contribution in [0, 0.1) is 0 Å². The van der Waals surface area contributed by atoms with Crippen LogP contribution in [0.4, 0.5) is 0 Å². The zero-order valence-corrected chi connectivity index (χ0v) is 12.4. The van der Waals surface area contributed by atoms with Crippen LogP contribution in [0.1, 0.15) is 52.0 Å². The lowest BCUT2D eigenvalue weighted by Crippen LogP contribution is -2.10. The van der Waals surface area contributed by atoms with E-state index >= 15 is 0 Å². The van der Waals surface area contributed by atoms with Gasteiger partial charge in [0.25, 0.3) is 0 Å². The van der Waals surface area contributed by atoms with E-state index in [1.165, 1.54) is 12.1 Å². The van der Waals surface area contributed by atoms with Crippen molar-refractivity contribution in [3.8, 4) is 0 Å². The minimum atomic E-state index is -0.998. The molecule has 1 aliphatic carbocycles. The van der Waals surface area contributed by atoms with Crippen LogP contribution in [0.15, 0.2) is 48.9 Å². The third-order valence-corrected chi connectivity index (χ3v) is 4.38. The van der Waals surface area contributed by atoms with E-state index in [1.54, 1.807) is 24.7 Å². The van der Waals surface area contributed by atoms with Crippen LogP contribution in [0.5, 0.6) is 0 Å². The number of hydrogen-bond acceptors (Lipinski definition) is 3. The highest BCUT2D eigenvalue weighted by Crippen LogP contribution is 2.44. The number of benzene rings is 1. The lowest BCUT2D eigenvalue weighted by atomic mass is 9.97. The summed E-state index contributed by atoms with van der Waals surface area (Å²) in [6.45, 7) is 0. The third kappa shape index (κ3) is 2.39. The van der Waals surface area contributed by atoms with Crippen molar-refractivity contribution in [1.82, 2.24) is 9.38 Å². The van der Waals surface area contributed by atoms with Gasteiger partial charge in [-0.05, 0) is 48.1 Å². The summed E-state index contributed by atoms with van der Waals surface area (Å²) in [4.78, 5) is 15.3. The molecule has 0 amide bonds. The van der Waals surface area contributed by atoms with Crippen LogP contribution >= 0.6 is 0 Å². The van der Waals surface area contributed by atoms with Gasteiger partial charge < -0.3 is 10.2 Å². The number of aromatic nitrogens is 2. The molecule has 1 aliphatic rings. The Hall–Kier alpha value is -2.66. The van der Waals surface area contributed by atoms with Gasteiger partial charge in [0.05, 0.1) is 29.3 Å². The molecule has 1 fully saturated rings.